The van der Waals surface area contributed by atoms with Crippen LogP contribution < -0.4 is 11.1 Å². The Morgan fingerprint density at radius 1 is 1.21 bits per heavy atom. The zero-order valence-corrected chi connectivity index (χ0v) is 13.2. The second-order valence-electron chi connectivity index (χ2n) is 6.24. The van der Waals surface area contributed by atoms with Crippen molar-refractivity contribution in [2.24, 2.45) is 11.7 Å². The molecule has 0 aromatic heterocycles. The second kappa shape index (κ2) is 7.68. The molecule has 0 radical (unpaired) electrons. The molecule has 1 atom stereocenters. The Bertz CT molecular complexity index is 596. The van der Waals surface area contributed by atoms with Crippen molar-refractivity contribution in [1.29, 1.82) is 0 Å². The van der Waals surface area contributed by atoms with E-state index in [2.05, 4.69) is 5.32 Å². The van der Waals surface area contributed by atoms with Gasteiger partial charge in [-0.1, -0.05) is 31.0 Å². The number of carbonyl (C=O) groups is 2. The van der Waals surface area contributed by atoms with Crippen LogP contribution in [0.1, 0.15) is 43.2 Å². The molecular formula is C17H21F3N2O2. The molecule has 1 saturated carbocycles. The third-order valence-corrected chi connectivity index (χ3v) is 4.37. The van der Waals surface area contributed by atoms with Crippen LogP contribution >= 0.6 is 0 Å². The van der Waals surface area contributed by atoms with E-state index in [0.717, 1.165) is 31.7 Å². The van der Waals surface area contributed by atoms with Gasteiger partial charge in [-0.2, -0.15) is 13.2 Å². The monoisotopic (exact) mass is 342 g/mol. The van der Waals surface area contributed by atoms with Crippen molar-refractivity contribution >= 4 is 11.8 Å². The highest BCUT2D eigenvalue weighted by atomic mass is 19.4. The van der Waals surface area contributed by atoms with Crippen molar-refractivity contribution in [2.45, 2.75) is 50.7 Å². The first kappa shape index (κ1) is 18.3. The maximum atomic E-state index is 13.0. The number of carbonyl (C=O) groups excluding carboxylic acids is 2. The Kier molecular flexibility index (Phi) is 5.85. The number of amides is 2. The Labute approximate surface area is 138 Å². The Balaban J connectivity index is 2.06. The van der Waals surface area contributed by atoms with Crippen molar-refractivity contribution in [1.82, 2.24) is 5.32 Å². The third kappa shape index (κ3) is 4.97. The largest absolute Gasteiger partial charge is 0.416 e. The molecule has 4 nitrogen and oxygen atoms in total. The van der Waals surface area contributed by atoms with E-state index < -0.39 is 23.7 Å². The standard InChI is InChI=1S/C17H21F3N2O2/c18-17(19,20)13-8-4-3-7-12(13)10-14(16(21)24)22-15(23)9-11-5-1-2-6-11/h3-4,7-8,11,14H,1-2,5-6,9-10H2,(H2,21,24)(H,22,23)/t14-/m1/s1. The van der Waals surface area contributed by atoms with Gasteiger partial charge in [0, 0.05) is 12.8 Å². The summed E-state index contributed by atoms with van der Waals surface area (Å²) in [6, 6.07) is 3.84. The van der Waals surface area contributed by atoms with Crippen molar-refractivity contribution in [3.05, 3.63) is 35.4 Å². The number of nitrogens with two attached hydrogens (primary N) is 1. The van der Waals surface area contributed by atoms with Gasteiger partial charge in [0.1, 0.15) is 6.04 Å². The fraction of sp³-hybridized carbons (Fsp3) is 0.529. The van der Waals surface area contributed by atoms with Crippen LogP contribution in [0.2, 0.25) is 0 Å². The van der Waals surface area contributed by atoms with Gasteiger partial charge in [0.2, 0.25) is 11.8 Å². The van der Waals surface area contributed by atoms with E-state index in [4.69, 9.17) is 5.73 Å². The summed E-state index contributed by atoms with van der Waals surface area (Å²) in [7, 11) is 0. The molecule has 0 spiro atoms. The molecule has 7 heteroatoms. The minimum Gasteiger partial charge on any atom is -0.368 e. The average Bonchev–Trinajstić information content (AvgIpc) is 2.98. The number of hydrogen-bond donors (Lipinski definition) is 2. The summed E-state index contributed by atoms with van der Waals surface area (Å²) in [5, 5.41) is 2.49. The van der Waals surface area contributed by atoms with Crippen LogP contribution in [0.5, 0.6) is 0 Å². The van der Waals surface area contributed by atoms with Crippen LogP contribution in [0, 0.1) is 5.92 Å². The van der Waals surface area contributed by atoms with E-state index in [1.54, 1.807) is 0 Å². The van der Waals surface area contributed by atoms with Gasteiger partial charge in [-0.25, -0.2) is 0 Å². The lowest BCUT2D eigenvalue weighted by Gasteiger charge is -2.19. The molecule has 0 bridgehead atoms. The second-order valence-corrected chi connectivity index (χ2v) is 6.24. The summed E-state index contributed by atoms with van der Waals surface area (Å²) in [6.45, 7) is 0. The maximum Gasteiger partial charge on any atom is 0.416 e. The number of rotatable bonds is 6. The van der Waals surface area contributed by atoms with Gasteiger partial charge in [0.15, 0.2) is 0 Å². The molecule has 1 fully saturated rings. The minimum atomic E-state index is -4.52. The summed E-state index contributed by atoms with van der Waals surface area (Å²) in [5.41, 5.74) is 4.39. The van der Waals surface area contributed by atoms with E-state index in [1.165, 1.54) is 18.2 Å². The number of alkyl halides is 3. The van der Waals surface area contributed by atoms with Crippen LogP contribution in [0.15, 0.2) is 24.3 Å². The summed E-state index contributed by atoms with van der Waals surface area (Å²) >= 11 is 0. The Hall–Kier alpha value is -2.05. The molecule has 0 saturated heterocycles. The number of hydrogen-bond acceptors (Lipinski definition) is 2. The van der Waals surface area contributed by atoms with Gasteiger partial charge in [0.25, 0.3) is 0 Å². The van der Waals surface area contributed by atoms with Gasteiger partial charge >= 0.3 is 6.18 Å². The van der Waals surface area contributed by atoms with Gasteiger partial charge in [-0.3, -0.25) is 9.59 Å². The quantitative estimate of drug-likeness (QED) is 0.834. The summed E-state index contributed by atoms with van der Waals surface area (Å²) in [6.07, 6.45) is -0.428. The highest BCUT2D eigenvalue weighted by molar-refractivity contribution is 5.86. The van der Waals surface area contributed by atoms with Crippen LogP contribution in [-0.4, -0.2) is 17.9 Å². The molecule has 1 aromatic carbocycles. The number of benzene rings is 1. The summed E-state index contributed by atoms with van der Waals surface area (Å²) in [5.74, 6) is -0.900. The van der Waals surface area contributed by atoms with Crippen LogP contribution in [0.4, 0.5) is 13.2 Å². The van der Waals surface area contributed by atoms with Crippen LogP contribution in [-0.2, 0) is 22.2 Å². The van der Waals surface area contributed by atoms with Gasteiger partial charge < -0.3 is 11.1 Å². The molecular weight excluding hydrogens is 321 g/mol. The number of primary amides is 1. The summed E-state index contributed by atoms with van der Waals surface area (Å²) in [4.78, 5) is 23.6. The van der Waals surface area contributed by atoms with Gasteiger partial charge in [-0.15, -0.1) is 0 Å². The first-order valence-corrected chi connectivity index (χ1v) is 8.01. The molecule has 1 aromatic rings. The topological polar surface area (TPSA) is 72.2 Å². The van der Waals surface area contributed by atoms with E-state index in [9.17, 15) is 22.8 Å². The fourth-order valence-corrected chi connectivity index (χ4v) is 3.15. The zero-order valence-electron chi connectivity index (χ0n) is 13.2. The van der Waals surface area contributed by atoms with Crippen molar-refractivity contribution in [3.8, 4) is 0 Å². The fourth-order valence-electron chi connectivity index (χ4n) is 3.15. The smallest absolute Gasteiger partial charge is 0.368 e. The molecule has 2 rings (SSSR count). The molecule has 24 heavy (non-hydrogen) atoms. The Morgan fingerprint density at radius 2 is 1.83 bits per heavy atom. The van der Waals surface area contributed by atoms with Crippen LogP contribution in [0.3, 0.4) is 0 Å². The average molecular weight is 342 g/mol. The normalized spacial score (nSPS) is 16.8. The Morgan fingerprint density at radius 3 is 2.42 bits per heavy atom. The summed E-state index contributed by atoms with van der Waals surface area (Å²) < 4.78 is 39.1. The van der Waals surface area contributed by atoms with Gasteiger partial charge in [-0.05, 0) is 30.4 Å². The maximum absolute atomic E-state index is 13.0. The van der Waals surface area contributed by atoms with Gasteiger partial charge in [0.05, 0.1) is 5.56 Å². The first-order valence-electron chi connectivity index (χ1n) is 8.01. The van der Waals surface area contributed by atoms with Crippen molar-refractivity contribution in [2.75, 3.05) is 0 Å². The number of nitrogens with one attached hydrogen (secondary N) is 1. The number of halogens is 3. The lowest BCUT2D eigenvalue weighted by atomic mass is 9.98. The molecule has 0 aliphatic heterocycles. The van der Waals surface area contributed by atoms with E-state index >= 15 is 0 Å². The highest BCUT2D eigenvalue weighted by Crippen LogP contribution is 2.32. The van der Waals surface area contributed by atoms with Crippen molar-refractivity contribution in [3.63, 3.8) is 0 Å². The van der Waals surface area contributed by atoms with E-state index in [-0.39, 0.29) is 30.2 Å². The first-order chi connectivity index (χ1) is 11.3. The predicted molar refractivity (Wildman–Crippen MR) is 82.8 cm³/mol. The highest BCUT2D eigenvalue weighted by Gasteiger charge is 2.34. The van der Waals surface area contributed by atoms with Crippen molar-refractivity contribution < 1.29 is 22.8 Å². The lowest BCUT2D eigenvalue weighted by Crippen LogP contribution is -2.46. The molecule has 132 valence electrons. The molecule has 0 heterocycles. The van der Waals surface area contributed by atoms with Crippen LogP contribution in [0.25, 0.3) is 0 Å². The zero-order chi connectivity index (χ0) is 17.7. The lowest BCUT2D eigenvalue weighted by molar-refractivity contribution is -0.138. The molecule has 2 amide bonds. The SMILES string of the molecule is NC(=O)[C@@H](Cc1ccccc1C(F)(F)F)NC(=O)CC1CCCC1. The van der Waals surface area contributed by atoms with E-state index in [1.807, 2.05) is 0 Å². The van der Waals surface area contributed by atoms with E-state index in [0.29, 0.717) is 0 Å². The minimum absolute atomic E-state index is 0.0602. The third-order valence-electron chi connectivity index (χ3n) is 4.37. The predicted octanol–water partition coefficient (Wildman–Crippen LogP) is 2.80. The molecule has 1 aliphatic rings. The molecule has 0 unspecified atom stereocenters. The molecule has 3 N–H and O–H groups in total. The molecule has 1 aliphatic carbocycles.